The van der Waals surface area contributed by atoms with E-state index in [2.05, 4.69) is 49.2 Å². The van der Waals surface area contributed by atoms with Gasteiger partial charge in [0.2, 0.25) is 0 Å². The quantitative estimate of drug-likeness (QED) is 0.681. The maximum Gasteiger partial charge on any atom is 0.0218 e. The van der Waals surface area contributed by atoms with E-state index in [-0.39, 0.29) is 0 Å². The standard InChI is InChI=1S/C16H28N2/c1-3-4-8-13-18(2)16(14-17)12-11-15-9-6-5-7-10-15/h5-7,9-10,16H,3-4,8,11-14,17H2,1-2H3. The van der Waals surface area contributed by atoms with Crippen LogP contribution in [0.2, 0.25) is 0 Å². The van der Waals surface area contributed by atoms with Crippen molar-refractivity contribution in [1.29, 1.82) is 0 Å². The van der Waals surface area contributed by atoms with Crippen molar-refractivity contribution in [3.8, 4) is 0 Å². The molecule has 1 aromatic carbocycles. The van der Waals surface area contributed by atoms with Gasteiger partial charge in [-0.25, -0.2) is 0 Å². The van der Waals surface area contributed by atoms with Crippen LogP contribution < -0.4 is 5.73 Å². The fraction of sp³-hybridized carbons (Fsp3) is 0.625. The van der Waals surface area contributed by atoms with Crippen LogP contribution in [0, 0.1) is 0 Å². The molecule has 0 heterocycles. The van der Waals surface area contributed by atoms with E-state index >= 15 is 0 Å². The van der Waals surface area contributed by atoms with Gasteiger partial charge in [0.25, 0.3) is 0 Å². The SMILES string of the molecule is CCCCCN(C)C(CN)CCc1ccccc1. The van der Waals surface area contributed by atoms with E-state index in [0.717, 1.165) is 19.4 Å². The topological polar surface area (TPSA) is 29.3 Å². The molecule has 102 valence electrons. The molecule has 2 heteroatoms. The van der Waals surface area contributed by atoms with Gasteiger partial charge in [0, 0.05) is 12.6 Å². The number of hydrogen-bond acceptors (Lipinski definition) is 2. The summed E-state index contributed by atoms with van der Waals surface area (Å²) < 4.78 is 0. The molecule has 0 fully saturated rings. The number of likely N-dealkylation sites (N-methyl/N-ethyl adjacent to an activating group) is 1. The summed E-state index contributed by atoms with van der Waals surface area (Å²) in [5.74, 6) is 0. The molecule has 1 aromatic rings. The van der Waals surface area contributed by atoms with E-state index in [1.807, 2.05) is 0 Å². The molecular weight excluding hydrogens is 220 g/mol. The van der Waals surface area contributed by atoms with Crippen molar-refractivity contribution in [3.63, 3.8) is 0 Å². The molecule has 0 aliphatic carbocycles. The smallest absolute Gasteiger partial charge is 0.0218 e. The van der Waals surface area contributed by atoms with Crippen LogP contribution in [0.1, 0.15) is 38.2 Å². The lowest BCUT2D eigenvalue weighted by atomic mass is 10.0. The van der Waals surface area contributed by atoms with Crippen LogP contribution in [0.15, 0.2) is 30.3 Å². The van der Waals surface area contributed by atoms with Gasteiger partial charge in [-0.05, 0) is 38.4 Å². The van der Waals surface area contributed by atoms with Crippen LogP contribution in [0.3, 0.4) is 0 Å². The Labute approximate surface area is 112 Å². The van der Waals surface area contributed by atoms with Crippen molar-refractivity contribution >= 4 is 0 Å². The molecule has 18 heavy (non-hydrogen) atoms. The fourth-order valence-corrected chi connectivity index (χ4v) is 2.29. The Kier molecular flexibility index (Phi) is 7.70. The number of aryl methyl sites for hydroxylation is 1. The van der Waals surface area contributed by atoms with E-state index in [0.29, 0.717) is 6.04 Å². The molecule has 2 N–H and O–H groups in total. The van der Waals surface area contributed by atoms with Crippen molar-refractivity contribution in [2.24, 2.45) is 5.73 Å². The highest BCUT2D eigenvalue weighted by Gasteiger charge is 2.12. The molecule has 0 aliphatic heterocycles. The number of nitrogens with zero attached hydrogens (tertiary/aromatic N) is 1. The molecule has 0 aromatic heterocycles. The summed E-state index contributed by atoms with van der Waals surface area (Å²) in [6, 6.07) is 11.2. The highest BCUT2D eigenvalue weighted by atomic mass is 15.1. The maximum atomic E-state index is 5.90. The predicted molar refractivity (Wildman–Crippen MR) is 79.8 cm³/mol. The molecule has 0 aliphatic rings. The lowest BCUT2D eigenvalue weighted by Gasteiger charge is -2.27. The average Bonchev–Trinajstić information content (AvgIpc) is 2.41. The molecule has 0 saturated heterocycles. The van der Waals surface area contributed by atoms with Crippen molar-refractivity contribution in [2.45, 2.75) is 45.1 Å². The number of benzene rings is 1. The molecule has 0 saturated carbocycles. The van der Waals surface area contributed by atoms with Gasteiger partial charge in [0.05, 0.1) is 0 Å². The van der Waals surface area contributed by atoms with Gasteiger partial charge in [-0.2, -0.15) is 0 Å². The zero-order chi connectivity index (χ0) is 13.2. The highest BCUT2D eigenvalue weighted by Crippen LogP contribution is 2.09. The predicted octanol–water partition coefficient (Wildman–Crippen LogP) is 3.07. The average molecular weight is 248 g/mol. The lowest BCUT2D eigenvalue weighted by Crippen LogP contribution is -2.38. The van der Waals surface area contributed by atoms with Crippen LogP contribution >= 0.6 is 0 Å². The van der Waals surface area contributed by atoms with E-state index in [4.69, 9.17) is 5.73 Å². The Bertz CT molecular complexity index is 297. The third kappa shape index (κ3) is 5.65. The summed E-state index contributed by atoms with van der Waals surface area (Å²) in [4.78, 5) is 2.43. The van der Waals surface area contributed by atoms with Gasteiger partial charge >= 0.3 is 0 Å². The largest absolute Gasteiger partial charge is 0.329 e. The first-order valence-electron chi connectivity index (χ1n) is 7.22. The molecule has 0 bridgehead atoms. The summed E-state index contributed by atoms with van der Waals surface area (Å²) in [6.45, 7) is 4.18. The Hall–Kier alpha value is -0.860. The molecular formula is C16H28N2. The second-order valence-electron chi connectivity index (χ2n) is 5.10. The van der Waals surface area contributed by atoms with Crippen molar-refractivity contribution < 1.29 is 0 Å². The Morgan fingerprint density at radius 1 is 1.17 bits per heavy atom. The minimum atomic E-state index is 0.516. The van der Waals surface area contributed by atoms with Gasteiger partial charge in [-0.3, -0.25) is 0 Å². The summed E-state index contributed by atoms with van der Waals surface area (Å²) in [7, 11) is 2.21. The monoisotopic (exact) mass is 248 g/mol. The van der Waals surface area contributed by atoms with Crippen molar-refractivity contribution in [3.05, 3.63) is 35.9 Å². The Balaban J connectivity index is 2.32. The lowest BCUT2D eigenvalue weighted by molar-refractivity contribution is 0.231. The molecule has 0 amide bonds. The van der Waals surface area contributed by atoms with Gasteiger partial charge in [0.15, 0.2) is 0 Å². The second-order valence-corrected chi connectivity index (χ2v) is 5.10. The zero-order valence-electron chi connectivity index (χ0n) is 11.9. The molecule has 1 unspecified atom stereocenters. The third-order valence-electron chi connectivity index (χ3n) is 3.62. The molecule has 1 atom stereocenters. The number of rotatable bonds is 9. The van der Waals surface area contributed by atoms with Crippen LogP contribution in [0.25, 0.3) is 0 Å². The van der Waals surface area contributed by atoms with Gasteiger partial charge < -0.3 is 10.6 Å². The summed E-state index contributed by atoms with van der Waals surface area (Å²) in [5.41, 5.74) is 7.32. The minimum absolute atomic E-state index is 0.516. The highest BCUT2D eigenvalue weighted by molar-refractivity contribution is 5.14. The Morgan fingerprint density at radius 3 is 2.50 bits per heavy atom. The Morgan fingerprint density at radius 2 is 1.89 bits per heavy atom. The minimum Gasteiger partial charge on any atom is -0.329 e. The van der Waals surface area contributed by atoms with Crippen LogP contribution in [-0.4, -0.2) is 31.1 Å². The van der Waals surface area contributed by atoms with Crippen LogP contribution in [-0.2, 0) is 6.42 Å². The van der Waals surface area contributed by atoms with Crippen molar-refractivity contribution in [1.82, 2.24) is 4.90 Å². The first-order valence-corrected chi connectivity index (χ1v) is 7.22. The second kappa shape index (κ2) is 9.12. The third-order valence-corrected chi connectivity index (χ3v) is 3.62. The molecule has 0 spiro atoms. The normalized spacial score (nSPS) is 12.9. The van der Waals surface area contributed by atoms with Gasteiger partial charge in [0.1, 0.15) is 0 Å². The van der Waals surface area contributed by atoms with E-state index in [1.165, 1.54) is 31.4 Å². The molecule has 1 rings (SSSR count). The summed E-state index contributed by atoms with van der Waals surface area (Å²) in [5, 5.41) is 0. The van der Waals surface area contributed by atoms with E-state index in [1.54, 1.807) is 0 Å². The first-order chi connectivity index (χ1) is 8.77. The molecule has 2 nitrogen and oxygen atoms in total. The van der Waals surface area contributed by atoms with Crippen LogP contribution in [0.4, 0.5) is 0 Å². The number of nitrogens with two attached hydrogens (primary N) is 1. The van der Waals surface area contributed by atoms with Gasteiger partial charge in [-0.1, -0.05) is 50.1 Å². The number of hydrogen-bond donors (Lipinski definition) is 1. The summed E-state index contributed by atoms with van der Waals surface area (Å²) >= 11 is 0. The molecule has 0 radical (unpaired) electrons. The van der Waals surface area contributed by atoms with Crippen LogP contribution in [0.5, 0.6) is 0 Å². The first kappa shape index (κ1) is 15.2. The zero-order valence-corrected chi connectivity index (χ0v) is 11.9. The van der Waals surface area contributed by atoms with E-state index < -0.39 is 0 Å². The number of unbranched alkanes of at least 4 members (excludes halogenated alkanes) is 2. The maximum absolute atomic E-state index is 5.90. The summed E-state index contributed by atoms with van der Waals surface area (Å²) in [6.07, 6.45) is 6.17. The fourth-order valence-electron chi connectivity index (χ4n) is 2.29. The van der Waals surface area contributed by atoms with Gasteiger partial charge in [-0.15, -0.1) is 0 Å². The van der Waals surface area contributed by atoms with E-state index in [9.17, 15) is 0 Å². The van der Waals surface area contributed by atoms with Crippen molar-refractivity contribution in [2.75, 3.05) is 20.1 Å².